The third-order valence-electron chi connectivity index (χ3n) is 1.98. The molecule has 3 heteroatoms. The molecule has 0 fully saturated rings. The molecule has 0 heterocycles. The second-order valence-electron chi connectivity index (χ2n) is 3.85. The second kappa shape index (κ2) is 4.45. The van der Waals surface area contributed by atoms with Crippen molar-refractivity contribution in [2.45, 2.75) is 26.4 Å². The number of carbonyl (C=O) groups excluding carboxylic acids is 1. The van der Waals surface area contributed by atoms with Crippen LogP contribution in [0.4, 0.5) is 0 Å². The molecule has 0 aliphatic rings. The van der Waals surface area contributed by atoms with E-state index in [0.717, 1.165) is 5.75 Å². The lowest BCUT2D eigenvalue weighted by Gasteiger charge is -2.15. The van der Waals surface area contributed by atoms with Crippen LogP contribution in [-0.4, -0.2) is 23.1 Å². The SMILES string of the molecule is CCOc1ccc(C(=O)C(C)(C)O)cc1. The summed E-state index contributed by atoms with van der Waals surface area (Å²) in [6.45, 7) is 5.45. The van der Waals surface area contributed by atoms with E-state index in [4.69, 9.17) is 4.74 Å². The van der Waals surface area contributed by atoms with Crippen molar-refractivity contribution in [2.24, 2.45) is 0 Å². The van der Waals surface area contributed by atoms with Gasteiger partial charge in [0.15, 0.2) is 5.78 Å². The molecule has 1 N–H and O–H groups in total. The summed E-state index contributed by atoms with van der Waals surface area (Å²) in [4.78, 5) is 11.6. The number of rotatable bonds is 4. The van der Waals surface area contributed by atoms with Crippen LogP contribution in [0.25, 0.3) is 0 Å². The van der Waals surface area contributed by atoms with Gasteiger partial charge in [-0.1, -0.05) is 0 Å². The summed E-state index contributed by atoms with van der Waals surface area (Å²) in [5, 5.41) is 9.53. The van der Waals surface area contributed by atoms with Crippen LogP contribution in [0.15, 0.2) is 24.3 Å². The molecule has 3 nitrogen and oxygen atoms in total. The minimum atomic E-state index is -1.33. The van der Waals surface area contributed by atoms with E-state index < -0.39 is 5.60 Å². The van der Waals surface area contributed by atoms with Crippen LogP contribution in [0, 0.1) is 0 Å². The summed E-state index contributed by atoms with van der Waals surface area (Å²) in [5.41, 5.74) is -0.835. The van der Waals surface area contributed by atoms with Crippen LogP contribution in [0.5, 0.6) is 5.75 Å². The van der Waals surface area contributed by atoms with Gasteiger partial charge >= 0.3 is 0 Å². The third-order valence-corrected chi connectivity index (χ3v) is 1.98. The molecule has 0 atom stereocenters. The Balaban J connectivity index is 2.85. The Morgan fingerprint density at radius 2 is 1.87 bits per heavy atom. The number of ketones is 1. The molecule has 0 saturated heterocycles. The van der Waals surface area contributed by atoms with E-state index in [1.165, 1.54) is 13.8 Å². The van der Waals surface area contributed by atoms with Crippen LogP contribution in [-0.2, 0) is 0 Å². The van der Waals surface area contributed by atoms with Crippen molar-refractivity contribution in [1.82, 2.24) is 0 Å². The molecule has 0 unspecified atom stereocenters. The molecule has 0 aliphatic heterocycles. The zero-order valence-electron chi connectivity index (χ0n) is 9.28. The molecule has 1 rings (SSSR count). The van der Waals surface area contributed by atoms with Crippen LogP contribution in [0.3, 0.4) is 0 Å². The fourth-order valence-corrected chi connectivity index (χ4v) is 1.22. The monoisotopic (exact) mass is 208 g/mol. The molecule has 82 valence electrons. The number of Topliss-reactive ketones (excluding diaryl/α,β-unsaturated/α-hetero) is 1. The van der Waals surface area contributed by atoms with E-state index in [0.29, 0.717) is 12.2 Å². The maximum Gasteiger partial charge on any atom is 0.193 e. The zero-order valence-corrected chi connectivity index (χ0v) is 9.28. The quantitative estimate of drug-likeness (QED) is 0.770. The van der Waals surface area contributed by atoms with Crippen molar-refractivity contribution in [3.63, 3.8) is 0 Å². The molecular weight excluding hydrogens is 192 g/mol. The summed E-state index contributed by atoms with van der Waals surface area (Å²) in [6.07, 6.45) is 0. The summed E-state index contributed by atoms with van der Waals surface area (Å²) in [5.74, 6) is 0.440. The van der Waals surface area contributed by atoms with Gasteiger partial charge in [-0.2, -0.15) is 0 Å². The average Bonchev–Trinajstić information content (AvgIpc) is 2.17. The van der Waals surface area contributed by atoms with Gasteiger partial charge in [0.2, 0.25) is 0 Å². The van der Waals surface area contributed by atoms with Crippen molar-refractivity contribution >= 4 is 5.78 Å². The molecule has 0 spiro atoms. The van der Waals surface area contributed by atoms with Gasteiger partial charge in [-0.15, -0.1) is 0 Å². The van der Waals surface area contributed by atoms with Gasteiger partial charge in [-0.3, -0.25) is 4.79 Å². The van der Waals surface area contributed by atoms with Crippen LogP contribution < -0.4 is 4.74 Å². The van der Waals surface area contributed by atoms with Crippen LogP contribution in [0.1, 0.15) is 31.1 Å². The number of carbonyl (C=O) groups is 1. The van der Waals surface area contributed by atoms with Gasteiger partial charge in [0.05, 0.1) is 6.61 Å². The lowest BCUT2D eigenvalue weighted by molar-refractivity contribution is 0.0488. The Kier molecular flexibility index (Phi) is 3.48. The first-order valence-corrected chi connectivity index (χ1v) is 4.95. The summed E-state index contributed by atoms with van der Waals surface area (Å²) in [7, 11) is 0. The summed E-state index contributed by atoms with van der Waals surface area (Å²) in [6, 6.07) is 6.77. The molecule has 0 aliphatic carbocycles. The molecule has 0 bridgehead atoms. The van der Waals surface area contributed by atoms with Crippen molar-refractivity contribution in [3.05, 3.63) is 29.8 Å². The minimum absolute atomic E-state index is 0.287. The maximum atomic E-state index is 11.6. The van der Waals surface area contributed by atoms with E-state index in [-0.39, 0.29) is 5.78 Å². The predicted molar refractivity (Wildman–Crippen MR) is 58.2 cm³/mol. The first-order chi connectivity index (χ1) is 6.95. The Labute approximate surface area is 89.7 Å². The number of hydrogen-bond acceptors (Lipinski definition) is 3. The predicted octanol–water partition coefficient (Wildman–Crippen LogP) is 2.04. The minimum Gasteiger partial charge on any atom is -0.494 e. The Bertz CT molecular complexity index is 333. The summed E-state index contributed by atoms with van der Waals surface area (Å²) < 4.78 is 5.25. The van der Waals surface area contributed by atoms with Gasteiger partial charge < -0.3 is 9.84 Å². The van der Waals surface area contributed by atoms with Crippen molar-refractivity contribution in [3.8, 4) is 5.75 Å². The smallest absolute Gasteiger partial charge is 0.193 e. The van der Waals surface area contributed by atoms with E-state index in [9.17, 15) is 9.90 Å². The van der Waals surface area contributed by atoms with Gasteiger partial charge in [0, 0.05) is 5.56 Å². The number of ether oxygens (including phenoxy) is 1. The fourth-order valence-electron chi connectivity index (χ4n) is 1.22. The van der Waals surface area contributed by atoms with Crippen molar-refractivity contribution in [2.75, 3.05) is 6.61 Å². The standard InChI is InChI=1S/C12H16O3/c1-4-15-10-7-5-9(6-8-10)11(13)12(2,3)14/h5-8,14H,4H2,1-3H3. The van der Waals surface area contributed by atoms with Gasteiger partial charge in [-0.05, 0) is 45.0 Å². The van der Waals surface area contributed by atoms with Crippen molar-refractivity contribution < 1.29 is 14.6 Å². The first kappa shape index (κ1) is 11.7. The Hall–Kier alpha value is -1.35. The Morgan fingerprint density at radius 1 is 1.33 bits per heavy atom. The highest BCUT2D eigenvalue weighted by Gasteiger charge is 2.24. The van der Waals surface area contributed by atoms with E-state index >= 15 is 0 Å². The summed E-state index contributed by atoms with van der Waals surface area (Å²) >= 11 is 0. The molecule has 0 aromatic heterocycles. The third kappa shape index (κ3) is 3.06. The van der Waals surface area contributed by atoms with E-state index in [1.807, 2.05) is 6.92 Å². The highest BCUT2D eigenvalue weighted by atomic mass is 16.5. The highest BCUT2D eigenvalue weighted by molar-refractivity contribution is 6.01. The lowest BCUT2D eigenvalue weighted by atomic mass is 9.97. The second-order valence-corrected chi connectivity index (χ2v) is 3.85. The largest absolute Gasteiger partial charge is 0.494 e. The Morgan fingerprint density at radius 3 is 2.27 bits per heavy atom. The number of aliphatic hydroxyl groups is 1. The zero-order chi connectivity index (χ0) is 11.5. The van der Waals surface area contributed by atoms with Crippen molar-refractivity contribution in [1.29, 1.82) is 0 Å². The van der Waals surface area contributed by atoms with Gasteiger partial charge in [-0.25, -0.2) is 0 Å². The molecule has 0 radical (unpaired) electrons. The molecule has 1 aromatic carbocycles. The topological polar surface area (TPSA) is 46.5 Å². The molecule has 0 saturated carbocycles. The highest BCUT2D eigenvalue weighted by Crippen LogP contribution is 2.16. The molecule has 15 heavy (non-hydrogen) atoms. The number of hydrogen-bond donors (Lipinski definition) is 1. The van der Waals surface area contributed by atoms with E-state index in [1.54, 1.807) is 24.3 Å². The lowest BCUT2D eigenvalue weighted by Crippen LogP contribution is -2.30. The van der Waals surface area contributed by atoms with Gasteiger partial charge in [0.25, 0.3) is 0 Å². The fraction of sp³-hybridized carbons (Fsp3) is 0.417. The van der Waals surface area contributed by atoms with Crippen LogP contribution in [0.2, 0.25) is 0 Å². The molecular formula is C12H16O3. The molecule has 1 aromatic rings. The van der Waals surface area contributed by atoms with E-state index in [2.05, 4.69) is 0 Å². The number of benzene rings is 1. The first-order valence-electron chi connectivity index (χ1n) is 4.95. The van der Waals surface area contributed by atoms with Gasteiger partial charge in [0.1, 0.15) is 11.4 Å². The van der Waals surface area contributed by atoms with Crippen LogP contribution >= 0.6 is 0 Å². The maximum absolute atomic E-state index is 11.6. The normalized spacial score (nSPS) is 11.2. The molecule has 0 amide bonds. The average molecular weight is 208 g/mol.